The molecule has 0 bridgehead atoms. The molecular weight excluding hydrogens is 448 g/mol. The van der Waals surface area contributed by atoms with Gasteiger partial charge in [0.05, 0.1) is 16.5 Å². The maximum Gasteiger partial charge on any atom is 0.241 e. The van der Waals surface area contributed by atoms with E-state index in [0.717, 1.165) is 46.5 Å². The van der Waals surface area contributed by atoms with Crippen molar-refractivity contribution in [3.8, 4) is 6.07 Å². The first-order valence-corrected chi connectivity index (χ1v) is 13.1. The van der Waals surface area contributed by atoms with E-state index in [4.69, 9.17) is 5.26 Å². The number of hydrogen-bond acceptors (Lipinski definition) is 5. The molecule has 3 rings (SSSR count). The number of rotatable bonds is 6. The molecular formula is C26H34N4O3S. The number of amides is 1. The fourth-order valence-electron chi connectivity index (χ4n) is 4.56. The Kier molecular flexibility index (Phi) is 8.01. The topological polar surface area (TPSA) is 93.5 Å². The number of nitrogens with one attached hydrogen (secondary N) is 1. The number of carbonyl (C=O) groups is 1. The van der Waals surface area contributed by atoms with E-state index in [1.54, 1.807) is 12.1 Å². The minimum absolute atomic E-state index is 0.0471. The Labute approximate surface area is 203 Å². The van der Waals surface area contributed by atoms with Crippen LogP contribution in [-0.2, 0) is 14.8 Å². The highest BCUT2D eigenvalue weighted by Gasteiger charge is 2.24. The molecule has 2 aromatic rings. The van der Waals surface area contributed by atoms with Gasteiger partial charge >= 0.3 is 0 Å². The van der Waals surface area contributed by atoms with E-state index in [9.17, 15) is 13.2 Å². The minimum Gasteiger partial charge on any atom is -0.370 e. The lowest BCUT2D eigenvalue weighted by Gasteiger charge is -2.24. The van der Waals surface area contributed by atoms with Crippen molar-refractivity contribution in [2.75, 3.05) is 37.6 Å². The van der Waals surface area contributed by atoms with Crippen LogP contribution in [0.1, 0.15) is 46.2 Å². The molecule has 0 spiro atoms. The molecule has 7 nitrogen and oxygen atoms in total. The highest BCUT2D eigenvalue weighted by Crippen LogP contribution is 2.29. The third kappa shape index (κ3) is 5.43. The Morgan fingerprint density at radius 2 is 1.50 bits per heavy atom. The van der Waals surface area contributed by atoms with Crippen LogP contribution in [0.2, 0.25) is 0 Å². The molecule has 0 aromatic heterocycles. The van der Waals surface area contributed by atoms with Crippen LogP contribution in [0.15, 0.2) is 29.2 Å². The predicted octanol–water partition coefficient (Wildman–Crippen LogP) is 3.51. The van der Waals surface area contributed by atoms with Crippen LogP contribution in [0.3, 0.4) is 0 Å². The lowest BCUT2D eigenvalue weighted by atomic mass is 9.95. The Morgan fingerprint density at radius 3 is 2.09 bits per heavy atom. The minimum atomic E-state index is -3.72. The van der Waals surface area contributed by atoms with Gasteiger partial charge in [0.2, 0.25) is 15.9 Å². The van der Waals surface area contributed by atoms with E-state index in [1.165, 1.54) is 0 Å². The largest absolute Gasteiger partial charge is 0.370 e. The van der Waals surface area contributed by atoms with E-state index >= 15 is 0 Å². The summed E-state index contributed by atoms with van der Waals surface area (Å²) >= 11 is 0. The van der Waals surface area contributed by atoms with Crippen LogP contribution in [0, 0.1) is 45.9 Å². The molecule has 182 valence electrons. The third-order valence-electron chi connectivity index (χ3n) is 7.04. The smallest absolute Gasteiger partial charge is 0.241 e. The molecule has 1 saturated heterocycles. The van der Waals surface area contributed by atoms with Crippen molar-refractivity contribution in [1.82, 2.24) is 9.62 Å². The number of benzene rings is 2. The van der Waals surface area contributed by atoms with Gasteiger partial charge in [-0.1, -0.05) is 0 Å². The number of nitriles is 1. The first kappa shape index (κ1) is 25.7. The summed E-state index contributed by atoms with van der Waals surface area (Å²) in [5.41, 5.74) is 6.26. The average Bonchev–Trinajstić information content (AvgIpc) is 3.08. The number of sulfonamides is 1. The molecule has 0 unspecified atom stereocenters. The van der Waals surface area contributed by atoms with Gasteiger partial charge in [-0.15, -0.1) is 0 Å². The van der Waals surface area contributed by atoms with Gasteiger partial charge in [0, 0.05) is 44.8 Å². The standard InChI is InChI=1S/C26H34N4O3S/c1-18-19(2)21(4)26(22(5)20(18)3)34(32,33)28-12-11-25(31)30-14-6-13-29(15-16-30)24-9-7-23(17-27)8-10-24/h7-10,28H,6,11-16H2,1-5H3. The fourth-order valence-corrected chi connectivity index (χ4v) is 6.19. The summed E-state index contributed by atoms with van der Waals surface area (Å²) in [6.07, 6.45) is 0.954. The number of hydrogen-bond donors (Lipinski definition) is 1. The van der Waals surface area contributed by atoms with Crippen LogP contribution < -0.4 is 9.62 Å². The summed E-state index contributed by atoms with van der Waals surface area (Å²) < 4.78 is 28.8. The van der Waals surface area contributed by atoms with Gasteiger partial charge in [-0.3, -0.25) is 4.79 Å². The monoisotopic (exact) mass is 482 g/mol. The van der Waals surface area contributed by atoms with Crippen molar-refractivity contribution in [2.45, 2.75) is 52.4 Å². The van der Waals surface area contributed by atoms with Crippen LogP contribution in [-0.4, -0.2) is 51.9 Å². The summed E-state index contributed by atoms with van der Waals surface area (Å²) in [6, 6.07) is 9.60. The fraction of sp³-hybridized carbons (Fsp3) is 0.462. The summed E-state index contributed by atoms with van der Waals surface area (Å²) in [7, 11) is -3.72. The number of anilines is 1. The van der Waals surface area contributed by atoms with E-state index in [1.807, 2.05) is 51.7 Å². The second-order valence-corrected chi connectivity index (χ2v) is 10.7. The predicted molar refractivity (Wildman–Crippen MR) is 134 cm³/mol. The van der Waals surface area contributed by atoms with Gasteiger partial charge in [0.25, 0.3) is 0 Å². The van der Waals surface area contributed by atoms with Crippen molar-refractivity contribution >= 4 is 21.6 Å². The van der Waals surface area contributed by atoms with Crippen LogP contribution in [0.25, 0.3) is 0 Å². The van der Waals surface area contributed by atoms with Crippen molar-refractivity contribution in [3.63, 3.8) is 0 Å². The second-order valence-electron chi connectivity index (χ2n) is 8.98. The van der Waals surface area contributed by atoms with Gasteiger partial charge < -0.3 is 9.80 Å². The molecule has 1 fully saturated rings. The van der Waals surface area contributed by atoms with Gasteiger partial charge in [-0.2, -0.15) is 5.26 Å². The zero-order valence-electron chi connectivity index (χ0n) is 20.7. The molecule has 0 atom stereocenters. The zero-order chi connectivity index (χ0) is 25.0. The Hall–Kier alpha value is -2.89. The molecule has 0 saturated carbocycles. The van der Waals surface area contributed by atoms with E-state index in [-0.39, 0.29) is 18.9 Å². The molecule has 34 heavy (non-hydrogen) atoms. The quantitative estimate of drug-likeness (QED) is 0.680. The van der Waals surface area contributed by atoms with Crippen molar-refractivity contribution in [1.29, 1.82) is 5.26 Å². The Bertz CT molecular complexity index is 1190. The van der Waals surface area contributed by atoms with E-state index in [0.29, 0.717) is 30.1 Å². The molecule has 1 amide bonds. The van der Waals surface area contributed by atoms with E-state index in [2.05, 4.69) is 15.7 Å². The molecule has 0 aliphatic carbocycles. The highest BCUT2D eigenvalue weighted by molar-refractivity contribution is 7.89. The second kappa shape index (κ2) is 10.6. The molecule has 1 heterocycles. The van der Waals surface area contributed by atoms with Crippen molar-refractivity contribution < 1.29 is 13.2 Å². The van der Waals surface area contributed by atoms with Gasteiger partial charge in [0.15, 0.2) is 0 Å². The van der Waals surface area contributed by atoms with E-state index < -0.39 is 10.0 Å². The van der Waals surface area contributed by atoms with Crippen molar-refractivity contribution in [2.24, 2.45) is 0 Å². The summed E-state index contributed by atoms with van der Waals surface area (Å²) in [5.74, 6) is -0.0471. The Morgan fingerprint density at radius 1 is 0.912 bits per heavy atom. The molecule has 1 N–H and O–H groups in total. The van der Waals surface area contributed by atoms with Crippen LogP contribution in [0.5, 0.6) is 0 Å². The number of nitrogens with zero attached hydrogens (tertiary/aromatic N) is 3. The molecule has 2 aromatic carbocycles. The molecule has 1 aliphatic rings. The molecule has 8 heteroatoms. The third-order valence-corrected chi connectivity index (χ3v) is 8.78. The van der Waals surface area contributed by atoms with Crippen LogP contribution in [0.4, 0.5) is 5.69 Å². The summed E-state index contributed by atoms with van der Waals surface area (Å²) in [4.78, 5) is 17.2. The first-order valence-electron chi connectivity index (χ1n) is 11.7. The summed E-state index contributed by atoms with van der Waals surface area (Å²) in [6.45, 7) is 12.4. The summed E-state index contributed by atoms with van der Waals surface area (Å²) in [5, 5.41) is 8.98. The Balaban J connectivity index is 1.59. The molecule has 0 radical (unpaired) electrons. The molecule has 1 aliphatic heterocycles. The maximum atomic E-state index is 13.1. The van der Waals surface area contributed by atoms with Crippen LogP contribution >= 0.6 is 0 Å². The lowest BCUT2D eigenvalue weighted by molar-refractivity contribution is -0.130. The SMILES string of the molecule is Cc1c(C)c(C)c(S(=O)(=O)NCCC(=O)N2CCCN(c3ccc(C#N)cc3)CC2)c(C)c1C. The van der Waals surface area contributed by atoms with Gasteiger partial charge in [-0.05, 0) is 93.1 Å². The highest BCUT2D eigenvalue weighted by atomic mass is 32.2. The van der Waals surface area contributed by atoms with Gasteiger partial charge in [0.1, 0.15) is 0 Å². The first-order chi connectivity index (χ1) is 16.1. The van der Waals surface area contributed by atoms with Crippen molar-refractivity contribution in [3.05, 3.63) is 57.6 Å². The number of carbonyl (C=O) groups excluding carboxylic acids is 1. The zero-order valence-corrected chi connectivity index (χ0v) is 21.6. The normalized spacial score (nSPS) is 14.6. The van der Waals surface area contributed by atoms with Gasteiger partial charge in [-0.25, -0.2) is 13.1 Å². The average molecular weight is 483 g/mol. The lowest BCUT2D eigenvalue weighted by Crippen LogP contribution is -2.37. The maximum absolute atomic E-state index is 13.1.